The van der Waals surface area contributed by atoms with Gasteiger partial charge in [-0.15, -0.1) is 0 Å². The predicted octanol–water partition coefficient (Wildman–Crippen LogP) is 1.60. The van der Waals surface area contributed by atoms with Crippen LogP contribution < -0.4 is 4.90 Å². The van der Waals surface area contributed by atoms with E-state index in [1.165, 1.54) is 43.3 Å². The highest BCUT2D eigenvalue weighted by atomic mass is 32.2. The smallest absolute Gasteiger partial charge is 0.296 e. The van der Waals surface area contributed by atoms with Crippen LogP contribution in [-0.2, 0) is 34.7 Å². The van der Waals surface area contributed by atoms with E-state index >= 15 is 0 Å². The molecule has 41 heavy (non-hydrogen) atoms. The fourth-order valence-electron chi connectivity index (χ4n) is 5.82. The molecule has 2 saturated heterocycles. The van der Waals surface area contributed by atoms with Gasteiger partial charge in [0, 0.05) is 57.9 Å². The van der Waals surface area contributed by atoms with Gasteiger partial charge in [0.15, 0.2) is 5.54 Å². The number of aliphatic hydroxyl groups excluding tert-OH is 1. The lowest BCUT2D eigenvalue weighted by atomic mass is 9.82. The third-order valence-corrected chi connectivity index (χ3v) is 9.74. The Labute approximate surface area is 239 Å². The molecule has 2 aromatic carbocycles. The lowest BCUT2D eigenvalue weighted by molar-refractivity contribution is -0.144. The van der Waals surface area contributed by atoms with Crippen molar-refractivity contribution < 1.29 is 32.6 Å². The highest BCUT2D eigenvalue weighted by molar-refractivity contribution is 7.89. The molecule has 2 aromatic rings. The number of benzene rings is 2. The van der Waals surface area contributed by atoms with Gasteiger partial charge in [0.05, 0.1) is 29.4 Å². The van der Waals surface area contributed by atoms with Crippen LogP contribution in [0.2, 0.25) is 0 Å². The standard InChI is InChI=1S/C29H34N4O7S/c1-4-13-32-23-8-6-5-7-22(23)29(28(32)37)24(25(34)20-9-11-21(12-10-20)41(38,39)30(2)3)26(35)27(36)33(29)15-14-31-16-18-40-19-17-31/h5-12,34H,4,13-19H2,1-3H3/b25-24-. The topological polar surface area (TPSA) is 128 Å². The normalized spacial score (nSPS) is 22.8. The number of carbonyl (C=O) groups excluding carboxylic acids is 3. The van der Waals surface area contributed by atoms with Gasteiger partial charge in [-0.1, -0.05) is 25.1 Å². The fourth-order valence-corrected chi connectivity index (χ4v) is 6.72. The van der Waals surface area contributed by atoms with E-state index in [4.69, 9.17) is 4.74 Å². The van der Waals surface area contributed by atoms with Crippen LogP contribution >= 0.6 is 0 Å². The molecule has 0 saturated carbocycles. The van der Waals surface area contributed by atoms with Gasteiger partial charge in [0.2, 0.25) is 10.0 Å². The second kappa shape index (κ2) is 11.0. The number of aliphatic hydroxyl groups is 1. The van der Waals surface area contributed by atoms with Gasteiger partial charge in [-0.2, -0.15) is 0 Å². The van der Waals surface area contributed by atoms with E-state index in [-0.39, 0.29) is 22.6 Å². The molecule has 1 N–H and O–H groups in total. The Bertz CT molecular complexity index is 1510. The Morgan fingerprint density at radius 3 is 2.27 bits per heavy atom. The summed E-state index contributed by atoms with van der Waals surface area (Å²) in [5, 5.41) is 11.7. The van der Waals surface area contributed by atoms with Crippen molar-refractivity contribution in [1.82, 2.24) is 14.1 Å². The van der Waals surface area contributed by atoms with Crippen molar-refractivity contribution in [3.05, 3.63) is 65.2 Å². The van der Waals surface area contributed by atoms with Crippen LogP contribution in [-0.4, -0.2) is 105 Å². The van der Waals surface area contributed by atoms with E-state index in [9.17, 15) is 27.9 Å². The molecule has 0 bridgehead atoms. The van der Waals surface area contributed by atoms with Crippen molar-refractivity contribution in [2.24, 2.45) is 0 Å². The zero-order valence-corrected chi connectivity index (χ0v) is 24.2. The number of likely N-dealkylation sites (tertiary alicyclic amines) is 1. The number of nitrogens with zero attached hydrogens (tertiary/aromatic N) is 4. The molecule has 11 nitrogen and oxygen atoms in total. The molecule has 3 aliphatic heterocycles. The summed E-state index contributed by atoms with van der Waals surface area (Å²) in [4.78, 5) is 46.9. The zero-order valence-electron chi connectivity index (χ0n) is 23.4. The molecule has 0 aliphatic carbocycles. The summed E-state index contributed by atoms with van der Waals surface area (Å²) >= 11 is 0. The Morgan fingerprint density at radius 2 is 1.63 bits per heavy atom. The Kier molecular flexibility index (Phi) is 7.77. The average molecular weight is 583 g/mol. The third kappa shape index (κ3) is 4.55. The van der Waals surface area contributed by atoms with Crippen LogP contribution in [0.15, 0.2) is 59.0 Å². The molecule has 3 heterocycles. The number of amides is 2. The van der Waals surface area contributed by atoms with Crippen LogP contribution in [0, 0.1) is 0 Å². The average Bonchev–Trinajstić information content (AvgIpc) is 3.35. The first-order chi connectivity index (χ1) is 19.6. The molecule has 1 unspecified atom stereocenters. The van der Waals surface area contributed by atoms with Gasteiger partial charge in [-0.3, -0.25) is 19.3 Å². The van der Waals surface area contributed by atoms with E-state index in [0.29, 0.717) is 57.1 Å². The predicted molar refractivity (Wildman–Crippen MR) is 152 cm³/mol. The van der Waals surface area contributed by atoms with Gasteiger partial charge >= 0.3 is 0 Å². The van der Waals surface area contributed by atoms with Crippen LogP contribution in [0.25, 0.3) is 5.76 Å². The van der Waals surface area contributed by atoms with Crippen molar-refractivity contribution in [2.75, 3.05) is 64.9 Å². The number of ketones is 1. The van der Waals surface area contributed by atoms with Gasteiger partial charge in [0.25, 0.3) is 17.6 Å². The SMILES string of the molecule is CCCN1C(=O)C2(/C(=C(\O)c3ccc(S(=O)(=O)N(C)C)cc3)C(=O)C(=O)N2CCN2CCOCC2)c2ccccc21. The molecule has 1 spiro atoms. The van der Waals surface area contributed by atoms with Crippen molar-refractivity contribution >= 4 is 39.1 Å². The second-order valence-electron chi connectivity index (χ2n) is 10.5. The van der Waals surface area contributed by atoms with Gasteiger partial charge < -0.3 is 19.6 Å². The molecular formula is C29H34N4O7S. The van der Waals surface area contributed by atoms with Crippen molar-refractivity contribution in [3.63, 3.8) is 0 Å². The molecule has 5 rings (SSSR count). The molecule has 2 amide bonds. The first-order valence-corrected chi connectivity index (χ1v) is 15.0. The summed E-state index contributed by atoms with van der Waals surface area (Å²) in [5.41, 5.74) is -1.02. The van der Waals surface area contributed by atoms with E-state index in [1.54, 1.807) is 29.2 Å². The van der Waals surface area contributed by atoms with Crippen LogP contribution in [0.4, 0.5) is 5.69 Å². The van der Waals surface area contributed by atoms with Crippen LogP contribution in [0.5, 0.6) is 0 Å². The maximum Gasteiger partial charge on any atom is 0.296 e. The Balaban J connectivity index is 1.68. The Hall–Kier alpha value is -3.58. The van der Waals surface area contributed by atoms with Crippen molar-refractivity contribution in [2.45, 2.75) is 23.8 Å². The van der Waals surface area contributed by atoms with Crippen molar-refractivity contribution in [3.8, 4) is 0 Å². The summed E-state index contributed by atoms with van der Waals surface area (Å²) < 4.78 is 31.6. The maximum absolute atomic E-state index is 14.5. The molecule has 2 fully saturated rings. The maximum atomic E-state index is 14.5. The summed E-state index contributed by atoms with van der Waals surface area (Å²) in [5.74, 6) is -2.84. The van der Waals surface area contributed by atoms with Gasteiger partial charge in [-0.05, 0) is 36.8 Å². The summed E-state index contributed by atoms with van der Waals surface area (Å²) in [6.45, 7) is 5.21. The van der Waals surface area contributed by atoms with Crippen LogP contribution in [0.1, 0.15) is 24.5 Å². The van der Waals surface area contributed by atoms with E-state index < -0.39 is 38.9 Å². The number of ether oxygens (including phenoxy) is 1. The minimum Gasteiger partial charge on any atom is -0.507 e. The number of morpholine rings is 1. The number of rotatable bonds is 8. The minimum absolute atomic E-state index is 0.00358. The van der Waals surface area contributed by atoms with Gasteiger partial charge in [-0.25, -0.2) is 12.7 Å². The molecule has 1 atom stereocenters. The van der Waals surface area contributed by atoms with Gasteiger partial charge in [0.1, 0.15) is 5.76 Å². The number of fused-ring (bicyclic) bond motifs is 2. The number of para-hydroxylation sites is 1. The quantitative estimate of drug-likeness (QED) is 0.283. The summed E-state index contributed by atoms with van der Waals surface area (Å²) in [6, 6.07) is 12.4. The molecule has 0 radical (unpaired) electrons. The third-order valence-electron chi connectivity index (χ3n) is 7.91. The number of hydrogen-bond donors (Lipinski definition) is 1. The molecule has 3 aliphatic rings. The zero-order chi connectivity index (χ0) is 29.5. The first-order valence-electron chi connectivity index (χ1n) is 13.6. The second-order valence-corrected chi connectivity index (χ2v) is 12.6. The molecular weight excluding hydrogens is 548 g/mol. The van der Waals surface area contributed by atoms with E-state index in [1.807, 2.05) is 6.92 Å². The Morgan fingerprint density at radius 1 is 0.976 bits per heavy atom. The lowest BCUT2D eigenvalue weighted by Crippen LogP contribution is -2.54. The number of hydrogen-bond acceptors (Lipinski definition) is 8. The summed E-state index contributed by atoms with van der Waals surface area (Å²) in [7, 11) is -0.920. The fraction of sp³-hybridized carbons (Fsp3) is 0.414. The highest BCUT2D eigenvalue weighted by Gasteiger charge is 2.67. The number of sulfonamides is 1. The lowest BCUT2D eigenvalue weighted by Gasteiger charge is -2.36. The van der Waals surface area contributed by atoms with Crippen molar-refractivity contribution in [1.29, 1.82) is 0 Å². The summed E-state index contributed by atoms with van der Waals surface area (Å²) in [6.07, 6.45) is 0.638. The number of anilines is 1. The first kappa shape index (κ1) is 28.9. The monoisotopic (exact) mass is 582 g/mol. The number of carbonyl (C=O) groups is 3. The van der Waals surface area contributed by atoms with Crippen LogP contribution in [0.3, 0.4) is 0 Å². The largest absolute Gasteiger partial charge is 0.507 e. The number of Topliss-reactive ketones (excluding diaryl/α,β-unsaturated/α-hetero) is 1. The molecule has 0 aromatic heterocycles. The molecule has 12 heteroatoms. The highest BCUT2D eigenvalue weighted by Crippen LogP contribution is 2.53. The van der Waals surface area contributed by atoms with E-state index in [2.05, 4.69) is 4.90 Å². The minimum atomic E-state index is -3.74. The molecule has 218 valence electrons. The van der Waals surface area contributed by atoms with E-state index in [0.717, 1.165) is 4.31 Å².